The van der Waals surface area contributed by atoms with Crippen LogP contribution in [0.4, 0.5) is 0 Å². The molecule has 0 fully saturated rings. The van der Waals surface area contributed by atoms with Crippen LogP contribution in [0.15, 0.2) is 78.9 Å². The third-order valence-corrected chi connectivity index (χ3v) is 5.46. The molecule has 7 nitrogen and oxygen atoms in total. The third kappa shape index (κ3) is 3.87. The molecule has 5 rings (SSSR count). The summed E-state index contributed by atoms with van der Waals surface area (Å²) in [7, 11) is 0. The van der Waals surface area contributed by atoms with Crippen molar-refractivity contribution in [3.8, 4) is 11.5 Å². The van der Waals surface area contributed by atoms with Crippen molar-refractivity contribution in [3.63, 3.8) is 0 Å². The Morgan fingerprint density at radius 3 is 2.24 bits per heavy atom. The highest BCUT2D eigenvalue weighted by Gasteiger charge is 2.21. The molecule has 0 spiro atoms. The lowest BCUT2D eigenvalue weighted by Crippen LogP contribution is -2.24. The Kier molecular flexibility index (Phi) is 4.99. The SMILES string of the molecule is O=C(NCc1ccc(O)cc1)c1cc2c([nH]c3ccccc32)c(C(=O)c2ccc(O)cc2)n1. The normalized spacial score (nSPS) is 11.0. The molecular weight excluding hydrogens is 418 g/mol. The van der Waals surface area contributed by atoms with Gasteiger partial charge < -0.3 is 20.5 Å². The van der Waals surface area contributed by atoms with E-state index in [4.69, 9.17) is 0 Å². The molecule has 2 aromatic heterocycles. The van der Waals surface area contributed by atoms with E-state index in [-0.39, 0.29) is 35.2 Å². The number of carbonyl (C=O) groups is 2. The van der Waals surface area contributed by atoms with Crippen molar-refractivity contribution in [1.29, 1.82) is 0 Å². The first-order chi connectivity index (χ1) is 16.0. The number of para-hydroxylation sites is 1. The molecule has 0 saturated heterocycles. The first-order valence-corrected chi connectivity index (χ1v) is 10.3. The molecule has 0 aliphatic carbocycles. The highest BCUT2D eigenvalue weighted by Crippen LogP contribution is 2.29. The van der Waals surface area contributed by atoms with Crippen LogP contribution in [0.1, 0.15) is 32.1 Å². The van der Waals surface area contributed by atoms with Crippen LogP contribution in [0.25, 0.3) is 21.8 Å². The Bertz CT molecular complexity index is 1500. The van der Waals surface area contributed by atoms with Crippen LogP contribution in [0.2, 0.25) is 0 Å². The Balaban J connectivity index is 1.57. The van der Waals surface area contributed by atoms with Crippen LogP contribution in [-0.2, 0) is 6.54 Å². The number of fused-ring (bicyclic) bond motifs is 3. The van der Waals surface area contributed by atoms with Crippen molar-refractivity contribution in [2.45, 2.75) is 6.54 Å². The molecule has 162 valence electrons. The number of phenolic OH excluding ortho intramolecular Hbond substituents is 2. The number of ketones is 1. The van der Waals surface area contributed by atoms with Crippen LogP contribution in [0.3, 0.4) is 0 Å². The van der Waals surface area contributed by atoms with Crippen molar-refractivity contribution < 1.29 is 19.8 Å². The molecule has 3 aromatic carbocycles. The van der Waals surface area contributed by atoms with Crippen LogP contribution in [-0.4, -0.2) is 31.9 Å². The van der Waals surface area contributed by atoms with Crippen molar-refractivity contribution in [1.82, 2.24) is 15.3 Å². The fraction of sp³-hybridized carbons (Fsp3) is 0.0385. The highest BCUT2D eigenvalue weighted by atomic mass is 16.3. The number of hydrogen-bond acceptors (Lipinski definition) is 5. The fourth-order valence-electron chi connectivity index (χ4n) is 3.76. The minimum absolute atomic E-state index is 0.0534. The number of aromatic hydroxyl groups is 2. The molecule has 0 radical (unpaired) electrons. The average Bonchev–Trinajstić information content (AvgIpc) is 3.21. The first-order valence-electron chi connectivity index (χ1n) is 10.3. The summed E-state index contributed by atoms with van der Waals surface area (Å²) in [5.41, 5.74) is 2.79. The molecule has 0 atom stereocenters. The lowest BCUT2D eigenvalue weighted by atomic mass is 10.0. The second-order valence-electron chi connectivity index (χ2n) is 7.67. The van der Waals surface area contributed by atoms with Crippen molar-refractivity contribution >= 4 is 33.5 Å². The quantitative estimate of drug-likeness (QED) is 0.306. The summed E-state index contributed by atoms with van der Waals surface area (Å²) in [6.07, 6.45) is 0. The first kappa shape index (κ1) is 20.3. The lowest BCUT2D eigenvalue weighted by molar-refractivity contribution is 0.0946. The molecule has 2 heterocycles. The monoisotopic (exact) mass is 437 g/mol. The number of phenols is 2. The van der Waals surface area contributed by atoms with Gasteiger partial charge in [0.05, 0.1) is 5.52 Å². The zero-order valence-corrected chi connectivity index (χ0v) is 17.4. The number of aromatic amines is 1. The number of nitrogens with one attached hydrogen (secondary N) is 2. The third-order valence-electron chi connectivity index (χ3n) is 5.46. The van der Waals surface area contributed by atoms with E-state index in [1.54, 1.807) is 30.3 Å². The summed E-state index contributed by atoms with van der Waals surface area (Å²) in [5, 5.41) is 23.4. The minimum Gasteiger partial charge on any atom is -0.508 e. The maximum atomic E-state index is 13.3. The van der Waals surface area contributed by atoms with E-state index in [2.05, 4.69) is 15.3 Å². The standard InChI is InChI=1S/C26H19N3O4/c30-17-9-5-15(6-10-17)14-27-26(33)22-13-20-19-3-1-2-4-21(19)28-23(20)24(29-22)25(32)16-7-11-18(31)12-8-16/h1-13,28,30-31H,14H2,(H,27,33). The summed E-state index contributed by atoms with van der Waals surface area (Å²) < 4.78 is 0. The average molecular weight is 437 g/mol. The molecule has 5 aromatic rings. The Morgan fingerprint density at radius 2 is 1.52 bits per heavy atom. The summed E-state index contributed by atoms with van der Waals surface area (Å²) in [6, 6.07) is 21.7. The number of amides is 1. The lowest BCUT2D eigenvalue weighted by Gasteiger charge is -2.08. The molecule has 0 aliphatic rings. The van der Waals surface area contributed by atoms with Crippen LogP contribution in [0.5, 0.6) is 11.5 Å². The van der Waals surface area contributed by atoms with Crippen LogP contribution >= 0.6 is 0 Å². The molecule has 0 saturated carbocycles. The number of rotatable bonds is 5. The molecule has 1 amide bonds. The highest BCUT2D eigenvalue weighted by molar-refractivity contribution is 6.20. The number of pyridine rings is 1. The van der Waals surface area contributed by atoms with E-state index in [0.717, 1.165) is 21.9 Å². The van der Waals surface area contributed by atoms with Gasteiger partial charge in [-0.2, -0.15) is 0 Å². The molecule has 0 aliphatic heterocycles. The van der Waals surface area contributed by atoms with Gasteiger partial charge >= 0.3 is 0 Å². The Morgan fingerprint density at radius 1 is 0.848 bits per heavy atom. The number of H-pyrrole nitrogens is 1. The van der Waals surface area contributed by atoms with Crippen molar-refractivity contribution in [2.24, 2.45) is 0 Å². The van der Waals surface area contributed by atoms with Gasteiger partial charge in [-0.3, -0.25) is 9.59 Å². The van der Waals surface area contributed by atoms with E-state index in [1.807, 2.05) is 24.3 Å². The number of nitrogens with zero attached hydrogens (tertiary/aromatic N) is 1. The topological polar surface area (TPSA) is 115 Å². The van der Waals surface area contributed by atoms with Gasteiger partial charge in [0.15, 0.2) is 0 Å². The summed E-state index contributed by atoms with van der Waals surface area (Å²) in [6.45, 7) is 0.244. The molecule has 33 heavy (non-hydrogen) atoms. The van der Waals surface area contributed by atoms with Gasteiger partial charge in [-0.25, -0.2) is 4.98 Å². The summed E-state index contributed by atoms with van der Waals surface area (Å²) in [4.78, 5) is 34.0. The van der Waals surface area contributed by atoms with Gasteiger partial charge in [-0.1, -0.05) is 30.3 Å². The van der Waals surface area contributed by atoms with E-state index in [0.29, 0.717) is 11.1 Å². The predicted octanol–water partition coefficient (Wildman–Crippen LogP) is 4.29. The van der Waals surface area contributed by atoms with E-state index >= 15 is 0 Å². The zero-order chi connectivity index (χ0) is 22.9. The summed E-state index contributed by atoms with van der Waals surface area (Å²) in [5.74, 6) is -0.582. The van der Waals surface area contributed by atoms with Gasteiger partial charge in [-0.15, -0.1) is 0 Å². The van der Waals surface area contributed by atoms with Crippen molar-refractivity contribution in [3.05, 3.63) is 101 Å². The zero-order valence-electron chi connectivity index (χ0n) is 17.4. The molecule has 0 unspecified atom stereocenters. The number of aromatic nitrogens is 2. The molecule has 7 heteroatoms. The van der Waals surface area contributed by atoms with E-state index in [9.17, 15) is 19.8 Å². The molecule has 4 N–H and O–H groups in total. The second-order valence-corrected chi connectivity index (χ2v) is 7.67. The Labute approximate surface area is 188 Å². The van der Waals surface area contributed by atoms with Gasteiger partial charge in [0, 0.05) is 28.4 Å². The van der Waals surface area contributed by atoms with Gasteiger partial charge in [-0.05, 0) is 54.1 Å². The Hall–Kier alpha value is -4.65. The number of benzene rings is 3. The maximum absolute atomic E-state index is 13.3. The molecule has 0 bridgehead atoms. The van der Waals surface area contributed by atoms with Gasteiger partial charge in [0.25, 0.3) is 5.91 Å². The largest absolute Gasteiger partial charge is 0.508 e. The minimum atomic E-state index is -0.421. The van der Waals surface area contributed by atoms with Crippen molar-refractivity contribution in [2.75, 3.05) is 0 Å². The van der Waals surface area contributed by atoms with E-state index in [1.165, 1.54) is 24.3 Å². The van der Waals surface area contributed by atoms with E-state index < -0.39 is 5.91 Å². The summed E-state index contributed by atoms with van der Waals surface area (Å²) >= 11 is 0. The number of hydrogen-bond donors (Lipinski definition) is 4. The van der Waals surface area contributed by atoms with Crippen LogP contribution < -0.4 is 5.32 Å². The maximum Gasteiger partial charge on any atom is 0.270 e. The fourth-order valence-corrected chi connectivity index (χ4v) is 3.76. The number of carbonyl (C=O) groups excluding carboxylic acids is 2. The predicted molar refractivity (Wildman–Crippen MR) is 124 cm³/mol. The smallest absolute Gasteiger partial charge is 0.270 e. The van der Waals surface area contributed by atoms with Gasteiger partial charge in [0.2, 0.25) is 5.78 Å². The molecular formula is C26H19N3O4. The van der Waals surface area contributed by atoms with Crippen LogP contribution in [0, 0.1) is 0 Å². The second kappa shape index (κ2) is 8.12. The van der Waals surface area contributed by atoms with Gasteiger partial charge in [0.1, 0.15) is 22.9 Å².